The Hall–Kier alpha value is -4.20. The highest BCUT2D eigenvalue weighted by Crippen LogP contribution is 2.36. The SMILES string of the molecule is CCCC[N+](C)(CCCC)c1ccc(C#Cc2ccc(N(c3ccc(OC)cc3)c3ccc(OC)cc3)cc2)cc1. The third-order valence-electron chi connectivity index (χ3n) is 7.64. The smallest absolute Gasteiger partial charge is 0.132 e. The Morgan fingerprint density at radius 3 is 1.29 bits per heavy atom. The molecule has 0 aliphatic heterocycles. The summed E-state index contributed by atoms with van der Waals surface area (Å²) in [6.45, 7) is 6.89. The van der Waals surface area contributed by atoms with Crippen molar-refractivity contribution in [2.24, 2.45) is 0 Å². The summed E-state index contributed by atoms with van der Waals surface area (Å²) < 4.78 is 11.7. The summed E-state index contributed by atoms with van der Waals surface area (Å²) in [5.74, 6) is 8.37. The van der Waals surface area contributed by atoms with Gasteiger partial charge in [-0.2, -0.15) is 0 Å². The lowest BCUT2D eigenvalue weighted by Gasteiger charge is -2.34. The van der Waals surface area contributed by atoms with Gasteiger partial charge in [0, 0.05) is 40.3 Å². The van der Waals surface area contributed by atoms with Crippen LogP contribution in [0.5, 0.6) is 11.5 Å². The first-order chi connectivity index (χ1) is 20.0. The summed E-state index contributed by atoms with van der Waals surface area (Å²) in [4.78, 5) is 2.21. The number of hydrogen-bond acceptors (Lipinski definition) is 3. The number of unbranched alkanes of at least 4 members (excludes halogenated alkanes) is 2. The molecule has 212 valence electrons. The van der Waals surface area contributed by atoms with Gasteiger partial charge in [-0.1, -0.05) is 38.5 Å². The second-order valence-electron chi connectivity index (χ2n) is 10.6. The van der Waals surface area contributed by atoms with Crippen molar-refractivity contribution in [3.63, 3.8) is 0 Å². The second-order valence-corrected chi connectivity index (χ2v) is 10.6. The van der Waals surface area contributed by atoms with E-state index in [0.29, 0.717) is 0 Å². The summed E-state index contributed by atoms with van der Waals surface area (Å²) >= 11 is 0. The summed E-state index contributed by atoms with van der Waals surface area (Å²) in [6, 6.07) is 33.4. The van der Waals surface area contributed by atoms with Crippen LogP contribution in [0.2, 0.25) is 0 Å². The van der Waals surface area contributed by atoms with Gasteiger partial charge < -0.3 is 14.4 Å². The molecule has 0 saturated carbocycles. The molecule has 0 heterocycles. The summed E-state index contributed by atoms with van der Waals surface area (Å²) in [5, 5.41) is 0. The monoisotopic (exact) mass is 547 g/mol. The van der Waals surface area contributed by atoms with Gasteiger partial charge in [0.15, 0.2) is 0 Å². The quantitative estimate of drug-likeness (QED) is 0.130. The molecule has 0 aliphatic rings. The van der Waals surface area contributed by atoms with Crippen LogP contribution in [0.1, 0.15) is 50.7 Å². The van der Waals surface area contributed by atoms with E-state index in [0.717, 1.165) is 44.2 Å². The maximum Gasteiger partial charge on any atom is 0.132 e. The zero-order valence-electron chi connectivity index (χ0n) is 25.2. The standard InChI is InChI=1S/C37H43N2O2/c1-6-8-28-39(3,29-9-7-2)35-22-14-31(15-23-35)11-10-30-12-16-32(17-13-30)38(33-18-24-36(40-4)25-19-33)34-20-26-37(41-5)27-21-34/h12-27H,6-9,28-29H2,1-5H3/q+1. The Kier molecular flexibility index (Phi) is 10.5. The van der Waals surface area contributed by atoms with Gasteiger partial charge in [0.25, 0.3) is 0 Å². The molecular formula is C37H43N2O2+. The van der Waals surface area contributed by atoms with Crippen LogP contribution in [0.15, 0.2) is 97.1 Å². The van der Waals surface area contributed by atoms with Crippen LogP contribution >= 0.6 is 0 Å². The molecule has 0 unspecified atom stereocenters. The molecule has 0 atom stereocenters. The first-order valence-electron chi connectivity index (χ1n) is 14.6. The molecule has 4 aromatic carbocycles. The Labute approximate surface area is 246 Å². The van der Waals surface area contributed by atoms with E-state index in [1.165, 1.54) is 44.5 Å². The molecule has 0 fully saturated rings. The molecule has 41 heavy (non-hydrogen) atoms. The minimum atomic E-state index is 0.826. The molecule has 0 aliphatic carbocycles. The largest absolute Gasteiger partial charge is 0.497 e. The number of nitrogens with zero attached hydrogens (tertiary/aromatic N) is 2. The normalized spacial score (nSPS) is 11.0. The molecule has 4 aromatic rings. The molecule has 4 nitrogen and oxygen atoms in total. The predicted molar refractivity (Wildman–Crippen MR) is 174 cm³/mol. The van der Waals surface area contributed by atoms with Crippen LogP contribution in [0, 0.1) is 11.8 Å². The van der Waals surface area contributed by atoms with E-state index in [-0.39, 0.29) is 0 Å². The third kappa shape index (κ3) is 7.72. The lowest BCUT2D eigenvalue weighted by Crippen LogP contribution is -2.46. The third-order valence-corrected chi connectivity index (χ3v) is 7.64. The Morgan fingerprint density at radius 2 is 0.927 bits per heavy atom. The molecule has 0 radical (unpaired) electrons. The van der Waals surface area contributed by atoms with E-state index in [1.807, 2.05) is 24.3 Å². The first-order valence-corrected chi connectivity index (χ1v) is 14.6. The number of anilines is 3. The lowest BCUT2D eigenvalue weighted by atomic mass is 10.1. The topological polar surface area (TPSA) is 21.7 Å². The fourth-order valence-electron chi connectivity index (χ4n) is 5.04. The van der Waals surface area contributed by atoms with Gasteiger partial charge >= 0.3 is 0 Å². The minimum Gasteiger partial charge on any atom is -0.497 e. The zero-order valence-corrected chi connectivity index (χ0v) is 25.2. The van der Waals surface area contributed by atoms with Gasteiger partial charge in [0.2, 0.25) is 0 Å². The van der Waals surface area contributed by atoms with Gasteiger partial charge in [0.05, 0.1) is 34.4 Å². The molecule has 0 saturated heterocycles. The molecule has 4 rings (SSSR count). The molecule has 0 aromatic heterocycles. The van der Waals surface area contributed by atoms with Crippen molar-refractivity contribution in [3.05, 3.63) is 108 Å². The molecule has 0 spiro atoms. The highest BCUT2D eigenvalue weighted by Gasteiger charge is 2.23. The summed E-state index contributed by atoms with van der Waals surface area (Å²) in [6.07, 6.45) is 4.93. The molecular weight excluding hydrogens is 504 g/mol. The van der Waals surface area contributed by atoms with Gasteiger partial charge in [-0.3, -0.25) is 4.48 Å². The average Bonchev–Trinajstić information content (AvgIpc) is 3.03. The van der Waals surface area contributed by atoms with Crippen LogP contribution in [0.25, 0.3) is 0 Å². The van der Waals surface area contributed by atoms with Crippen LogP contribution in [-0.2, 0) is 0 Å². The van der Waals surface area contributed by atoms with Crippen LogP contribution < -0.4 is 18.9 Å². The highest BCUT2D eigenvalue weighted by atomic mass is 16.5. The van der Waals surface area contributed by atoms with Crippen LogP contribution in [0.4, 0.5) is 22.7 Å². The van der Waals surface area contributed by atoms with Crippen molar-refractivity contribution in [2.75, 3.05) is 39.3 Å². The van der Waals surface area contributed by atoms with Crippen LogP contribution in [0.3, 0.4) is 0 Å². The first kappa shape index (κ1) is 29.8. The minimum absolute atomic E-state index is 0.826. The van der Waals surface area contributed by atoms with Gasteiger partial charge in [-0.25, -0.2) is 0 Å². The van der Waals surface area contributed by atoms with E-state index in [1.54, 1.807) is 14.2 Å². The second kappa shape index (κ2) is 14.4. The van der Waals surface area contributed by atoms with Gasteiger partial charge in [0.1, 0.15) is 17.2 Å². The maximum absolute atomic E-state index is 5.37. The fraction of sp³-hybridized carbons (Fsp3) is 0.297. The number of methoxy groups -OCH3 is 2. The number of benzene rings is 4. The van der Waals surface area contributed by atoms with E-state index in [4.69, 9.17) is 9.47 Å². The lowest BCUT2D eigenvalue weighted by molar-refractivity contribution is 0.317. The van der Waals surface area contributed by atoms with E-state index in [2.05, 4.69) is 110 Å². The highest BCUT2D eigenvalue weighted by molar-refractivity contribution is 5.77. The van der Waals surface area contributed by atoms with Crippen LogP contribution in [-0.4, -0.2) is 34.4 Å². The van der Waals surface area contributed by atoms with E-state index >= 15 is 0 Å². The van der Waals surface area contributed by atoms with E-state index in [9.17, 15) is 0 Å². The molecule has 0 N–H and O–H groups in total. The number of rotatable bonds is 12. The Morgan fingerprint density at radius 1 is 0.561 bits per heavy atom. The van der Waals surface area contributed by atoms with Crippen molar-refractivity contribution in [2.45, 2.75) is 39.5 Å². The van der Waals surface area contributed by atoms with Crippen molar-refractivity contribution in [1.29, 1.82) is 0 Å². The predicted octanol–water partition coefficient (Wildman–Crippen LogP) is 9.11. The van der Waals surface area contributed by atoms with Gasteiger partial charge in [-0.05, 0) is 97.8 Å². The van der Waals surface area contributed by atoms with Crippen molar-refractivity contribution in [3.8, 4) is 23.3 Å². The maximum atomic E-state index is 5.37. The summed E-state index contributed by atoms with van der Waals surface area (Å²) in [7, 11) is 5.73. The molecule has 0 amide bonds. The number of quaternary nitrogens is 1. The van der Waals surface area contributed by atoms with Crippen molar-refractivity contribution >= 4 is 22.7 Å². The van der Waals surface area contributed by atoms with E-state index < -0.39 is 0 Å². The Bertz CT molecular complexity index is 1360. The fourth-order valence-corrected chi connectivity index (χ4v) is 5.04. The zero-order chi connectivity index (χ0) is 29.1. The number of ether oxygens (including phenoxy) is 2. The van der Waals surface area contributed by atoms with Crippen molar-refractivity contribution < 1.29 is 9.47 Å². The number of hydrogen-bond donors (Lipinski definition) is 0. The average molecular weight is 548 g/mol. The summed E-state index contributed by atoms with van der Waals surface area (Å²) in [5.41, 5.74) is 6.52. The van der Waals surface area contributed by atoms with Crippen molar-refractivity contribution in [1.82, 2.24) is 4.48 Å². The molecule has 0 bridgehead atoms. The molecule has 4 heteroatoms. The Balaban J connectivity index is 1.55. The van der Waals surface area contributed by atoms with Gasteiger partial charge in [-0.15, -0.1) is 0 Å².